The number of nitrogens with one attached hydrogen (secondary N) is 2. The summed E-state index contributed by atoms with van der Waals surface area (Å²) in [7, 11) is 0. The van der Waals surface area contributed by atoms with Gasteiger partial charge < -0.3 is 21.2 Å². The summed E-state index contributed by atoms with van der Waals surface area (Å²) in [5.74, 6) is 4.80. The first-order valence-corrected chi connectivity index (χ1v) is 4.76. The molecule has 2 amide bonds. The van der Waals surface area contributed by atoms with Gasteiger partial charge in [-0.3, -0.25) is 15.6 Å². The number of nitrogen functional groups attached to an aromatic ring is 1. The van der Waals surface area contributed by atoms with Crippen molar-refractivity contribution in [1.82, 2.24) is 10.3 Å². The molecule has 0 saturated heterocycles. The molecule has 0 radical (unpaired) electrons. The van der Waals surface area contributed by atoms with Crippen molar-refractivity contribution in [2.45, 2.75) is 0 Å². The van der Waals surface area contributed by atoms with Crippen LogP contribution in [0.4, 0.5) is 10.5 Å². The Morgan fingerprint density at radius 1 is 1.47 bits per heavy atom. The Morgan fingerprint density at radius 3 is 2.88 bits per heavy atom. The van der Waals surface area contributed by atoms with E-state index in [9.17, 15) is 9.59 Å². The Hall–Kier alpha value is -2.35. The van der Waals surface area contributed by atoms with Gasteiger partial charge in [0.05, 0.1) is 12.2 Å². The van der Waals surface area contributed by atoms with Crippen LogP contribution in [0.2, 0.25) is 0 Å². The topological polar surface area (TPSA) is 132 Å². The summed E-state index contributed by atoms with van der Waals surface area (Å²) in [6.45, 7) is 0.166. The molecule has 1 aromatic rings. The van der Waals surface area contributed by atoms with Crippen LogP contribution in [0.15, 0.2) is 18.3 Å². The van der Waals surface area contributed by atoms with Crippen molar-refractivity contribution in [2.75, 3.05) is 18.6 Å². The highest BCUT2D eigenvalue weighted by Gasteiger charge is 2.07. The number of hydrogen-bond acceptors (Lipinski definition) is 6. The van der Waals surface area contributed by atoms with Crippen LogP contribution in [0.5, 0.6) is 0 Å². The lowest BCUT2D eigenvalue weighted by molar-refractivity contribution is 0.0932. The summed E-state index contributed by atoms with van der Waals surface area (Å²) in [5.41, 5.74) is 7.92. The second kappa shape index (κ2) is 6.28. The molecular formula is C9H13N5O3. The molecule has 6 N–H and O–H groups in total. The summed E-state index contributed by atoms with van der Waals surface area (Å²) < 4.78 is 4.44. The maximum absolute atomic E-state index is 11.5. The number of hydrogen-bond donors (Lipinski definition) is 4. The molecule has 17 heavy (non-hydrogen) atoms. The second-order valence-electron chi connectivity index (χ2n) is 3.00. The zero-order valence-corrected chi connectivity index (χ0v) is 8.97. The van der Waals surface area contributed by atoms with Crippen LogP contribution in [0.25, 0.3) is 0 Å². The first kappa shape index (κ1) is 12.7. The van der Waals surface area contributed by atoms with E-state index in [4.69, 9.17) is 11.6 Å². The minimum absolute atomic E-state index is 0.00982. The van der Waals surface area contributed by atoms with Crippen LogP contribution in [0.3, 0.4) is 0 Å². The van der Waals surface area contributed by atoms with Crippen molar-refractivity contribution in [3.05, 3.63) is 24.0 Å². The third-order valence-electron chi connectivity index (χ3n) is 1.79. The third-order valence-corrected chi connectivity index (χ3v) is 1.79. The highest BCUT2D eigenvalue weighted by atomic mass is 16.5. The number of anilines is 1. The Labute approximate surface area is 97.3 Å². The van der Waals surface area contributed by atoms with E-state index in [-0.39, 0.29) is 18.8 Å². The fourth-order valence-corrected chi connectivity index (χ4v) is 1.05. The predicted octanol–water partition coefficient (Wildman–Crippen LogP) is -0.808. The fourth-order valence-electron chi connectivity index (χ4n) is 1.05. The predicted molar refractivity (Wildman–Crippen MR) is 59.9 cm³/mol. The molecule has 0 fully saturated rings. The van der Waals surface area contributed by atoms with Gasteiger partial charge in [-0.15, -0.1) is 0 Å². The zero-order valence-electron chi connectivity index (χ0n) is 8.97. The quantitative estimate of drug-likeness (QED) is 0.302. The molecule has 1 heterocycles. The van der Waals surface area contributed by atoms with E-state index < -0.39 is 12.0 Å². The number of pyridine rings is 1. The molecule has 0 bridgehead atoms. The molecule has 0 spiro atoms. The van der Waals surface area contributed by atoms with Gasteiger partial charge in [-0.2, -0.15) is 0 Å². The second-order valence-corrected chi connectivity index (χ2v) is 3.00. The molecule has 8 nitrogen and oxygen atoms in total. The van der Waals surface area contributed by atoms with Crippen molar-refractivity contribution >= 4 is 17.7 Å². The molecule has 1 aromatic heterocycles. The van der Waals surface area contributed by atoms with Gasteiger partial charge in [0.1, 0.15) is 12.3 Å². The molecule has 1 rings (SSSR count). The zero-order chi connectivity index (χ0) is 12.7. The molecule has 0 atom stereocenters. The summed E-state index contributed by atoms with van der Waals surface area (Å²) in [6, 6.07) is 3.11. The molecule has 0 saturated carbocycles. The van der Waals surface area contributed by atoms with Crippen LogP contribution in [-0.4, -0.2) is 30.1 Å². The van der Waals surface area contributed by atoms with Crippen molar-refractivity contribution in [3.63, 3.8) is 0 Å². The number of ether oxygens (including phenoxy) is 1. The maximum atomic E-state index is 11.5. The molecular weight excluding hydrogens is 226 g/mol. The largest absolute Gasteiger partial charge is 0.448 e. The van der Waals surface area contributed by atoms with Gasteiger partial charge in [0.25, 0.3) is 5.91 Å². The van der Waals surface area contributed by atoms with Gasteiger partial charge >= 0.3 is 6.09 Å². The summed E-state index contributed by atoms with van der Waals surface area (Å²) >= 11 is 0. The molecule has 0 aliphatic carbocycles. The number of carbonyl (C=O) groups excluding carboxylic acids is 2. The van der Waals surface area contributed by atoms with Crippen LogP contribution in [0.1, 0.15) is 10.5 Å². The van der Waals surface area contributed by atoms with Crippen LogP contribution >= 0.6 is 0 Å². The summed E-state index contributed by atoms with van der Waals surface area (Å²) in [6.07, 6.45) is 0.566. The van der Waals surface area contributed by atoms with E-state index in [1.54, 1.807) is 6.07 Å². The number of amides is 2. The van der Waals surface area contributed by atoms with Gasteiger partial charge in [0, 0.05) is 6.20 Å². The Kier molecular flexibility index (Phi) is 4.70. The smallest absolute Gasteiger partial charge is 0.404 e. The molecule has 0 aliphatic rings. The van der Waals surface area contributed by atoms with E-state index in [1.165, 1.54) is 12.3 Å². The lowest BCUT2D eigenvalue weighted by Crippen LogP contribution is -2.29. The lowest BCUT2D eigenvalue weighted by Gasteiger charge is -2.05. The molecule has 0 aromatic carbocycles. The number of aromatic nitrogens is 1. The van der Waals surface area contributed by atoms with E-state index in [0.717, 1.165) is 0 Å². The van der Waals surface area contributed by atoms with Crippen LogP contribution in [0, 0.1) is 0 Å². The van der Waals surface area contributed by atoms with Crippen LogP contribution < -0.4 is 22.3 Å². The van der Waals surface area contributed by atoms with Crippen molar-refractivity contribution in [2.24, 2.45) is 11.6 Å². The molecule has 8 heteroatoms. The standard InChI is InChI=1S/C9H13N5O3/c10-9(16)17-4-3-13-8(15)7-5-6(14-11)1-2-12-7/h1-2,5H,3-4,11H2,(H2,10,16)(H,12,14)(H,13,15). The number of nitrogens with zero attached hydrogens (tertiary/aromatic N) is 1. The lowest BCUT2D eigenvalue weighted by atomic mass is 10.3. The summed E-state index contributed by atoms with van der Waals surface area (Å²) in [5, 5.41) is 2.50. The van der Waals surface area contributed by atoms with Crippen molar-refractivity contribution in [1.29, 1.82) is 0 Å². The SMILES string of the molecule is NNc1ccnc(C(=O)NCCOC(N)=O)c1. The van der Waals surface area contributed by atoms with Crippen molar-refractivity contribution < 1.29 is 14.3 Å². The van der Waals surface area contributed by atoms with E-state index >= 15 is 0 Å². The third kappa shape index (κ3) is 4.34. The Balaban J connectivity index is 2.43. The number of hydrazine groups is 1. The van der Waals surface area contributed by atoms with Crippen molar-refractivity contribution in [3.8, 4) is 0 Å². The fraction of sp³-hybridized carbons (Fsp3) is 0.222. The number of primary amides is 1. The highest BCUT2D eigenvalue weighted by molar-refractivity contribution is 5.93. The number of rotatable bonds is 5. The van der Waals surface area contributed by atoms with Crippen LogP contribution in [-0.2, 0) is 4.74 Å². The summed E-state index contributed by atoms with van der Waals surface area (Å²) in [4.78, 5) is 25.7. The Bertz CT molecular complexity index is 409. The number of carbonyl (C=O) groups is 2. The molecule has 0 aliphatic heterocycles. The average molecular weight is 239 g/mol. The minimum Gasteiger partial charge on any atom is -0.448 e. The van der Waals surface area contributed by atoms with E-state index in [2.05, 4.69) is 20.5 Å². The molecule has 92 valence electrons. The maximum Gasteiger partial charge on any atom is 0.404 e. The first-order valence-electron chi connectivity index (χ1n) is 4.76. The normalized spacial score (nSPS) is 9.47. The molecule has 0 unspecified atom stereocenters. The van der Waals surface area contributed by atoms with Gasteiger partial charge in [0.15, 0.2) is 0 Å². The average Bonchev–Trinajstić information content (AvgIpc) is 2.34. The van der Waals surface area contributed by atoms with E-state index in [0.29, 0.717) is 5.69 Å². The minimum atomic E-state index is -0.883. The first-order chi connectivity index (χ1) is 8.13. The van der Waals surface area contributed by atoms with Gasteiger partial charge in [0.2, 0.25) is 0 Å². The number of nitrogens with two attached hydrogens (primary N) is 2. The highest BCUT2D eigenvalue weighted by Crippen LogP contribution is 2.05. The Morgan fingerprint density at radius 2 is 2.24 bits per heavy atom. The van der Waals surface area contributed by atoms with Gasteiger partial charge in [-0.05, 0) is 12.1 Å². The van der Waals surface area contributed by atoms with Gasteiger partial charge in [-0.1, -0.05) is 0 Å². The monoisotopic (exact) mass is 239 g/mol. The van der Waals surface area contributed by atoms with Gasteiger partial charge in [-0.25, -0.2) is 4.79 Å². The van der Waals surface area contributed by atoms with E-state index in [1.807, 2.05) is 0 Å².